The van der Waals surface area contributed by atoms with Crippen LogP contribution in [-0.4, -0.2) is 52.2 Å². The van der Waals surface area contributed by atoms with Gasteiger partial charge in [0.2, 0.25) is 5.91 Å². The fraction of sp³-hybridized carbons (Fsp3) is 0.556. The Morgan fingerprint density at radius 1 is 1.21 bits per heavy atom. The van der Waals surface area contributed by atoms with Crippen LogP contribution >= 0.6 is 0 Å². The Morgan fingerprint density at radius 3 is 2.29 bits per heavy atom. The summed E-state index contributed by atoms with van der Waals surface area (Å²) < 4.78 is 0. The van der Waals surface area contributed by atoms with Crippen LogP contribution in [0.15, 0.2) is 24.3 Å². The van der Waals surface area contributed by atoms with Crippen LogP contribution in [0.25, 0.3) is 0 Å². The molecule has 0 radical (unpaired) electrons. The van der Waals surface area contributed by atoms with Gasteiger partial charge >= 0.3 is 5.97 Å². The SMILES string of the molecule is CC(C)N1CCC(C(=O)N[C@@H](Cc2ccc(O)cc2)C(=O)O)CC1. The van der Waals surface area contributed by atoms with E-state index in [2.05, 4.69) is 24.1 Å². The van der Waals surface area contributed by atoms with E-state index in [0.29, 0.717) is 6.04 Å². The van der Waals surface area contributed by atoms with Crippen molar-refractivity contribution in [3.8, 4) is 5.75 Å². The first-order valence-electron chi connectivity index (χ1n) is 8.42. The average molecular weight is 334 g/mol. The van der Waals surface area contributed by atoms with Gasteiger partial charge < -0.3 is 20.4 Å². The predicted octanol–water partition coefficient (Wildman–Crippen LogP) is 1.62. The van der Waals surface area contributed by atoms with Gasteiger partial charge in [0.15, 0.2) is 0 Å². The number of nitrogens with zero attached hydrogens (tertiary/aromatic N) is 1. The molecule has 0 aliphatic carbocycles. The summed E-state index contributed by atoms with van der Waals surface area (Å²) in [5.41, 5.74) is 0.759. The van der Waals surface area contributed by atoms with Gasteiger partial charge in [0.25, 0.3) is 0 Å². The number of rotatable bonds is 6. The Balaban J connectivity index is 1.92. The summed E-state index contributed by atoms with van der Waals surface area (Å²) in [5.74, 6) is -1.21. The number of phenolic OH excluding ortho intramolecular Hbond substituents is 1. The van der Waals surface area contributed by atoms with Crippen LogP contribution in [0.1, 0.15) is 32.3 Å². The van der Waals surface area contributed by atoms with E-state index >= 15 is 0 Å². The van der Waals surface area contributed by atoms with Gasteiger partial charge in [0.05, 0.1) is 0 Å². The van der Waals surface area contributed by atoms with Gasteiger partial charge in [0.1, 0.15) is 11.8 Å². The number of phenols is 1. The highest BCUT2D eigenvalue weighted by atomic mass is 16.4. The van der Waals surface area contributed by atoms with Crippen LogP contribution in [0.3, 0.4) is 0 Å². The third-order valence-corrected chi connectivity index (χ3v) is 4.62. The molecule has 1 atom stereocenters. The zero-order valence-electron chi connectivity index (χ0n) is 14.2. The fourth-order valence-electron chi connectivity index (χ4n) is 3.04. The second-order valence-electron chi connectivity index (χ2n) is 6.67. The Morgan fingerprint density at radius 2 is 1.79 bits per heavy atom. The van der Waals surface area contributed by atoms with Gasteiger partial charge in [-0.1, -0.05) is 12.1 Å². The number of carboxylic acid groups (broad SMARTS) is 1. The number of hydrogen-bond acceptors (Lipinski definition) is 4. The monoisotopic (exact) mass is 334 g/mol. The second kappa shape index (κ2) is 8.15. The smallest absolute Gasteiger partial charge is 0.326 e. The van der Waals surface area contributed by atoms with Crippen LogP contribution in [0.2, 0.25) is 0 Å². The van der Waals surface area contributed by atoms with Crippen molar-refractivity contribution in [2.75, 3.05) is 13.1 Å². The second-order valence-corrected chi connectivity index (χ2v) is 6.67. The van der Waals surface area contributed by atoms with Crippen molar-refractivity contribution in [3.63, 3.8) is 0 Å². The highest BCUT2D eigenvalue weighted by molar-refractivity contribution is 5.85. The predicted molar refractivity (Wildman–Crippen MR) is 90.8 cm³/mol. The number of carboxylic acids is 1. The zero-order chi connectivity index (χ0) is 17.7. The van der Waals surface area contributed by atoms with E-state index in [-0.39, 0.29) is 24.0 Å². The summed E-state index contributed by atoms with van der Waals surface area (Å²) >= 11 is 0. The van der Waals surface area contributed by atoms with Gasteiger partial charge in [-0.05, 0) is 57.5 Å². The molecule has 1 aromatic carbocycles. The van der Waals surface area contributed by atoms with Crippen LogP contribution in [0.4, 0.5) is 0 Å². The van der Waals surface area contributed by atoms with Gasteiger partial charge in [0, 0.05) is 18.4 Å². The van der Waals surface area contributed by atoms with Crippen molar-refractivity contribution in [2.24, 2.45) is 5.92 Å². The molecule has 132 valence electrons. The Hall–Kier alpha value is -2.08. The normalized spacial score (nSPS) is 17.6. The Kier molecular flexibility index (Phi) is 6.20. The summed E-state index contributed by atoms with van der Waals surface area (Å²) in [5, 5.41) is 21.3. The van der Waals surface area contributed by atoms with E-state index in [0.717, 1.165) is 31.5 Å². The molecule has 0 spiro atoms. The van der Waals surface area contributed by atoms with Crippen LogP contribution in [0.5, 0.6) is 5.75 Å². The minimum Gasteiger partial charge on any atom is -0.508 e. The van der Waals surface area contributed by atoms with E-state index < -0.39 is 12.0 Å². The van der Waals surface area contributed by atoms with Crippen LogP contribution in [0, 0.1) is 5.92 Å². The molecule has 1 aliphatic rings. The molecule has 0 aromatic heterocycles. The van der Waals surface area contributed by atoms with Crippen molar-refractivity contribution in [1.82, 2.24) is 10.2 Å². The number of piperidine rings is 1. The molecule has 3 N–H and O–H groups in total. The number of aromatic hydroxyl groups is 1. The number of aliphatic carboxylic acids is 1. The lowest BCUT2D eigenvalue weighted by Gasteiger charge is -2.34. The molecule has 0 saturated carbocycles. The molecule has 24 heavy (non-hydrogen) atoms. The molecule has 1 amide bonds. The standard InChI is InChI=1S/C18H26N2O4/c1-12(2)20-9-7-14(8-10-20)17(22)19-16(18(23)24)11-13-3-5-15(21)6-4-13/h3-6,12,14,16,21H,7-11H2,1-2H3,(H,19,22)(H,23,24)/t16-/m0/s1. The van der Waals surface area contributed by atoms with Gasteiger partial charge in [-0.2, -0.15) is 0 Å². The first kappa shape index (κ1) is 18.3. The first-order valence-corrected chi connectivity index (χ1v) is 8.42. The average Bonchev–Trinajstić information content (AvgIpc) is 2.56. The van der Waals surface area contributed by atoms with Crippen molar-refractivity contribution in [3.05, 3.63) is 29.8 Å². The summed E-state index contributed by atoms with van der Waals surface area (Å²) in [6, 6.07) is 5.87. The van der Waals surface area contributed by atoms with Gasteiger partial charge in [-0.25, -0.2) is 4.79 Å². The largest absolute Gasteiger partial charge is 0.508 e. The number of nitrogens with one attached hydrogen (secondary N) is 1. The molecular formula is C18H26N2O4. The lowest BCUT2D eigenvalue weighted by atomic mass is 9.94. The molecule has 6 nitrogen and oxygen atoms in total. The molecule has 1 aromatic rings. The maximum absolute atomic E-state index is 12.4. The summed E-state index contributed by atoms with van der Waals surface area (Å²) in [6.45, 7) is 6.01. The Labute approximate surface area is 142 Å². The number of carbonyl (C=O) groups excluding carboxylic acids is 1. The fourth-order valence-corrected chi connectivity index (χ4v) is 3.04. The van der Waals surface area contributed by atoms with Crippen molar-refractivity contribution in [1.29, 1.82) is 0 Å². The third kappa shape index (κ3) is 4.96. The summed E-state index contributed by atoms with van der Waals surface area (Å²) in [7, 11) is 0. The zero-order valence-corrected chi connectivity index (χ0v) is 14.2. The lowest BCUT2D eigenvalue weighted by molar-refractivity contribution is -0.142. The third-order valence-electron chi connectivity index (χ3n) is 4.62. The number of likely N-dealkylation sites (tertiary alicyclic amines) is 1. The Bertz CT molecular complexity index is 563. The highest BCUT2D eigenvalue weighted by Gasteiger charge is 2.29. The van der Waals surface area contributed by atoms with E-state index in [4.69, 9.17) is 0 Å². The maximum Gasteiger partial charge on any atom is 0.326 e. The highest BCUT2D eigenvalue weighted by Crippen LogP contribution is 2.19. The van der Waals surface area contributed by atoms with Gasteiger partial charge in [-0.15, -0.1) is 0 Å². The lowest BCUT2D eigenvalue weighted by Crippen LogP contribution is -2.48. The molecule has 0 bridgehead atoms. The number of carbonyl (C=O) groups is 2. The molecule has 1 aliphatic heterocycles. The molecular weight excluding hydrogens is 308 g/mol. The molecule has 0 unspecified atom stereocenters. The topological polar surface area (TPSA) is 89.9 Å². The minimum atomic E-state index is -1.05. The maximum atomic E-state index is 12.4. The van der Waals surface area contributed by atoms with Gasteiger partial charge in [-0.3, -0.25) is 4.79 Å². The van der Waals surface area contributed by atoms with E-state index in [1.807, 2.05) is 0 Å². The number of hydrogen-bond donors (Lipinski definition) is 3. The number of amides is 1. The molecule has 2 rings (SSSR count). The molecule has 6 heteroatoms. The molecule has 1 fully saturated rings. The first-order chi connectivity index (χ1) is 11.4. The van der Waals surface area contributed by atoms with E-state index in [1.54, 1.807) is 12.1 Å². The number of benzene rings is 1. The van der Waals surface area contributed by atoms with Crippen molar-refractivity contribution in [2.45, 2.75) is 45.2 Å². The molecule has 1 heterocycles. The summed E-state index contributed by atoms with van der Waals surface area (Å²) in [6.07, 6.45) is 1.72. The van der Waals surface area contributed by atoms with E-state index in [1.165, 1.54) is 12.1 Å². The van der Waals surface area contributed by atoms with Crippen LogP contribution < -0.4 is 5.32 Å². The van der Waals surface area contributed by atoms with E-state index in [9.17, 15) is 19.8 Å². The van der Waals surface area contributed by atoms with Crippen molar-refractivity contribution < 1.29 is 19.8 Å². The quantitative estimate of drug-likeness (QED) is 0.735. The minimum absolute atomic E-state index is 0.123. The van der Waals surface area contributed by atoms with Crippen molar-refractivity contribution >= 4 is 11.9 Å². The molecule has 1 saturated heterocycles. The van der Waals surface area contributed by atoms with Crippen LogP contribution in [-0.2, 0) is 16.0 Å². The summed E-state index contributed by atoms with van der Waals surface area (Å²) in [4.78, 5) is 26.2.